The van der Waals surface area contributed by atoms with Crippen molar-refractivity contribution in [2.75, 3.05) is 39.6 Å². The summed E-state index contributed by atoms with van der Waals surface area (Å²) in [5.74, 6) is -2.19. The molecule has 0 aliphatic heterocycles. The average molecular weight is 1370 g/mol. The van der Waals surface area contributed by atoms with E-state index in [-0.39, 0.29) is 25.7 Å². The van der Waals surface area contributed by atoms with Gasteiger partial charge in [0.25, 0.3) is 0 Å². The molecule has 0 aliphatic rings. The van der Waals surface area contributed by atoms with Gasteiger partial charge in [0, 0.05) is 25.7 Å². The Bertz CT molecular complexity index is 2070. The van der Waals surface area contributed by atoms with Crippen LogP contribution in [0.25, 0.3) is 0 Å². The molecule has 0 bridgehead atoms. The average Bonchev–Trinajstić information content (AvgIpc) is 2.15. The molecule has 0 rings (SSSR count). The maximum atomic E-state index is 13.0. The van der Waals surface area contributed by atoms with E-state index in [9.17, 15) is 43.2 Å². The maximum Gasteiger partial charge on any atom is 0.472 e. The first-order valence-corrected chi connectivity index (χ1v) is 40.2. The van der Waals surface area contributed by atoms with Crippen LogP contribution in [0.4, 0.5) is 0 Å². The van der Waals surface area contributed by atoms with Crippen molar-refractivity contribution in [3.8, 4) is 0 Å². The maximum absolute atomic E-state index is 13.0. The number of esters is 4. The van der Waals surface area contributed by atoms with Gasteiger partial charge in [0.2, 0.25) is 0 Å². The molecule has 0 aromatic heterocycles. The van der Waals surface area contributed by atoms with Crippen molar-refractivity contribution in [2.24, 2.45) is 0 Å². The van der Waals surface area contributed by atoms with Gasteiger partial charge >= 0.3 is 39.5 Å². The van der Waals surface area contributed by atoms with Crippen molar-refractivity contribution in [1.29, 1.82) is 0 Å². The molecule has 0 amide bonds. The highest BCUT2D eigenvalue weighted by Crippen LogP contribution is 2.45. The first-order chi connectivity index (χ1) is 45.7. The second-order valence-electron chi connectivity index (χ2n) is 24.9. The molecule has 0 aromatic carbocycles. The Morgan fingerprint density at radius 2 is 0.574 bits per heavy atom. The SMILES string of the molecule is CC/C=C\C/C=C\C/C=C\CCCCCCCCCC(=O)OCC(COP(=O)(O)OCC(O)COP(=O)(O)OCC(COC(=O)CCCCCCC/C=C\C/C=C\CCC)OC(=O)CCCCCCCCCCCCC)OC(=O)CCCCCCC/C=C\CCCCCC. The standard InChI is InChI=1S/C75H134O17P2/c1-5-9-13-17-21-25-29-32-33-34-35-38-41-44-48-52-56-60-73(78)86-66-71(92-75(80)62-58-54-50-46-42-37-31-27-23-19-15-11-7-3)68-90-94(83,84)88-64-69(76)63-87-93(81,82)89-67-70(91-74(79)61-57-53-49-45-39-28-24-20-16-12-8-4)65-85-72(77)59-55-51-47-43-40-36-30-26-22-18-14-10-6-2/h9,13-14,18,21,25-27,30-33,69-71,76H,5-8,10-12,15-17,19-20,22-24,28-29,34-68H2,1-4H3,(H,81,82)(H,83,84)/b13-9-,18-14-,25-21-,30-26-,31-27-,33-32-. The first-order valence-electron chi connectivity index (χ1n) is 37.2. The van der Waals surface area contributed by atoms with E-state index < -0.39 is 97.5 Å². The number of hydrogen-bond acceptors (Lipinski definition) is 15. The summed E-state index contributed by atoms with van der Waals surface area (Å²) < 4.78 is 68.3. The summed E-state index contributed by atoms with van der Waals surface area (Å²) in [6, 6.07) is 0. The van der Waals surface area contributed by atoms with E-state index in [1.165, 1.54) is 64.2 Å². The number of rotatable bonds is 70. The largest absolute Gasteiger partial charge is 0.472 e. The van der Waals surface area contributed by atoms with E-state index >= 15 is 0 Å². The first kappa shape index (κ1) is 90.5. The van der Waals surface area contributed by atoms with E-state index in [1.54, 1.807) is 0 Å². The predicted octanol–water partition coefficient (Wildman–Crippen LogP) is 20.9. The van der Waals surface area contributed by atoms with Crippen LogP contribution in [0.5, 0.6) is 0 Å². The zero-order valence-electron chi connectivity index (χ0n) is 59.4. The lowest BCUT2D eigenvalue weighted by molar-refractivity contribution is -0.161. The van der Waals surface area contributed by atoms with Gasteiger partial charge in [-0.3, -0.25) is 37.3 Å². The molecule has 0 saturated carbocycles. The normalized spacial score (nSPS) is 14.4. The van der Waals surface area contributed by atoms with Gasteiger partial charge in [-0.1, -0.05) is 261 Å². The summed E-state index contributed by atoms with van der Waals surface area (Å²) in [5, 5.41) is 10.6. The molecule has 5 unspecified atom stereocenters. The number of aliphatic hydroxyl groups excluding tert-OH is 1. The van der Waals surface area contributed by atoms with Crippen molar-refractivity contribution < 1.29 is 80.2 Å². The number of phosphoric ester groups is 2. The molecular weight excluding hydrogens is 1230 g/mol. The number of phosphoric acid groups is 2. The fourth-order valence-electron chi connectivity index (χ4n) is 9.97. The topological polar surface area (TPSA) is 237 Å². The number of carbonyl (C=O) groups excluding carboxylic acids is 4. The number of ether oxygens (including phenoxy) is 4. The second kappa shape index (κ2) is 68.0. The van der Waals surface area contributed by atoms with Gasteiger partial charge in [-0.25, -0.2) is 9.13 Å². The Morgan fingerprint density at radius 3 is 0.915 bits per heavy atom. The van der Waals surface area contributed by atoms with Crippen molar-refractivity contribution in [3.05, 3.63) is 72.9 Å². The van der Waals surface area contributed by atoms with Crippen molar-refractivity contribution >= 4 is 39.5 Å². The number of aliphatic hydroxyl groups is 1. The van der Waals surface area contributed by atoms with E-state index in [4.69, 9.17) is 37.0 Å². The second-order valence-corrected chi connectivity index (χ2v) is 27.8. The molecule has 5 atom stereocenters. The van der Waals surface area contributed by atoms with Gasteiger partial charge < -0.3 is 33.8 Å². The lowest BCUT2D eigenvalue weighted by atomic mass is 10.1. The zero-order valence-corrected chi connectivity index (χ0v) is 61.2. The number of unbranched alkanes of at least 4 members (excludes halogenated alkanes) is 32. The fourth-order valence-corrected chi connectivity index (χ4v) is 11.6. The summed E-state index contributed by atoms with van der Waals surface area (Å²) in [7, 11) is -9.94. The molecule has 0 heterocycles. The van der Waals surface area contributed by atoms with Gasteiger partial charge in [0.05, 0.1) is 26.4 Å². The molecule has 546 valence electrons. The van der Waals surface area contributed by atoms with E-state index in [0.717, 1.165) is 180 Å². The monoisotopic (exact) mass is 1370 g/mol. The minimum Gasteiger partial charge on any atom is -0.462 e. The molecule has 17 nitrogen and oxygen atoms in total. The molecule has 0 saturated heterocycles. The summed E-state index contributed by atoms with van der Waals surface area (Å²) in [6.45, 7) is 4.67. The van der Waals surface area contributed by atoms with Crippen LogP contribution >= 0.6 is 15.6 Å². The molecule has 0 spiro atoms. The van der Waals surface area contributed by atoms with Crippen LogP contribution in [0.3, 0.4) is 0 Å². The Balaban J connectivity index is 5.31. The summed E-state index contributed by atoms with van der Waals surface area (Å²) >= 11 is 0. The number of hydrogen-bond donors (Lipinski definition) is 3. The smallest absolute Gasteiger partial charge is 0.462 e. The van der Waals surface area contributed by atoms with Crippen molar-refractivity contribution in [1.82, 2.24) is 0 Å². The molecular formula is C75H134O17P2. The van der Waals surface area contributed by atoms with Crippen LogP contribution in [-0.4, -0.2) is 96.7 Å². The lowest BCUT2D eigenvalue weighted by Crippen LogP contribution is -2.30. The van der Waals surface area contributed by atoms with Gasteiger partial charge in [-0.05, 0) is 109 Å². The molecule has 19 heteroatoms. The Kier molecular flexibility index (Phi) is 65.5. The minimum atomic E-state index is -4.97. The molecule has 0 fully saturated rings. The lowest BCUT2D eigenvalue weighted by Gasteiger charge is -2.21. The van der Waals surface area contributed by atoms with Crippen LogP contribution in [-0.2, 0) is 65.4 Å². The quantitative estimate of drug-likeness (QED) is 0.0169. The van der Waals surface area contributed by atoms with E-state index in [0.29, 0.717) is 25.7 Å². The van der Waals surface area contributed by atoms with E-state index in [1.807, 2.05) is 0 Å². The molecule has 0 aromatic rings. The van der Waals surface area contributed by atoms with E-state index in [2.05, 4.69) is 101 Å². The highest BCUT2D eigenvalue weighted by molar-refractivity contribution is 7.47. The number of allylic oxidation sites excluding steroid dienone is 12. The third-order valence-corrected chi connectivity index (χ3v) is 17.5. The Labute approximate surface area is 571 Å². The molecule has 3 N–H and O–H groups in total. The molecule has 0 radical (unpaired) electrons. The number of carbonyl (C=O) groups is 4. The van der Waals surface area contributed by atoms with Crippen LogP contribution < -0.4 is 0 Å². The van der Waals surface area contributed by atoms with Gasteiger partial charge in [-0.15, -0.1) is 0 Å². The van der Waals surface area contributed by atoms with Crippen molar-refractivity contribution in [2.45, 2.75) is 341 Å². The van der Waals surface area contributed by atoms with Gasteiger partial charge in [0.1, 0.15) is 19.3 Å². The van der Waals surface area contributed by atoms with Crippen LogP contribution in [0.2, 0.25) is 0 Å². The van der Waals surface area contributed by atoms with Crippen molar-refractivity contribution in [3.63, 3.8) is 0 Å². The minimum absolute atomic E-state index is 0.0849. The Hall–Kier alpha value is -3.50. The van der Waals surface area contributed by atoms with Gasteiger partial charge in [0.15, 0.2) is 12.2 Å². The summed E-state index contributed by atoms with van der Waals surface area (Å²) in [4.78, 5) is 72.7. The van der Waals surface area contributed by atoms with Crippen LogP contribution in [0, 0.1) is 0 Å². The molecule has 94 heavy (non-hydrogen) atoms. The molecule has 0 aliphatic carbocycles. The highest BCUT2D eigenvalue weighted by atomic mass is 31.2. The third kappa shape index (κ3) is 67.1. The zero-order chi connectivity index (χ0) is 69.0. The third-order valence-electron chi connectivity index (χ3n) is 15.6. The summed E-state index contributed by atoms with van der Waals surface area (Å²) in [6.07, 6.45) is 66.1. The highest BCUT2D eigenvalue weighted by Gasteiger charge is 2.30. The Morgan fingerprint density at radius 1 is 0.309 bits per heavy atom. The van der Waals surface area contributed by atoms with Crippen LogP contribution in [0.1, 0.15) is 323 Å². The van der Waals surface area contributed by atoms with Gasteiger partial charge in [-0.2, -0.15) is 0 Å². The van der Waals surface area contributed by atoms with Crippen LogP contribution in [0.15, 0.2) is 72.9 Å². The predicted molar refractivity (Wildman–Crippen MR) is 381 cm³/mol. The summed E-state index contributed by atoms with van der Waals surface area (Å²) in [5.41, 5.74) is 0. The fraction of sp³-hybridized carbons (Fsp3) is 0.787.